The van der Waals surface area contributed by atoms with Gasteiger partial charge in [0.2, 0.25) is 0 Å². The predicted octanol–water partition coefficient (Wildman–Crippen LogP) is 6.23. The van der Waals surface area contributed by atoms with E-state index in [0.29, 0.717) is 35.5 Å². The summed E-state index contributed by atoms with van der Waals surface area (Å²) in [7, 11) is 0. The second-order valence-electron chi connectivity index (χ2n) is 12.3. The monoisotopic (exact) mass is 414 g/mol. The summed E-state index contributed by atoms with van der Waals surface area (Å²) in [6, 6.07) is 0. The van der Waals surface area contributed by atoms with E-state index in [1.54, 1.807) is 0 Å². The lowest BCUT2D eigenvalue weighted by molar-refractivity contribution is -0.497. The number of aliphatic hydroxyl groups is 1. The van der Waals surface area contributed by atoms with Crippen molar-refractivity contribution < 1.29 is 14.9 Å². The lowest BCUT2D eigenvalue weighted by atomic mass is 9.43. The highest BCUT2D eigenvalue weighted by atomic mass is 17.2. The normalized spacial score (nSPS) is 53.0. The Kier molecular flexibility index (Phi) is 4.90. The van der Waals surface area contributed by atoms with Gasteiger partial charge in [0.05, 0.1) is 6.10 Å². The molecule has 1 saturated heterocycles. The first-order chi connectivity index (χ1) is 14.2. The molecule has 2 spiro atoms. The Morgan fingerprint density at radius 3 is 2.50 bits per heavy atom. The molecule has 3 heteroatoms. The zero-order valence-corrected chi connectivity index (χ0v) is 19.7. The average Bonchev–Trinajstić information content (AvgIpc) is 3.05. The number of hydrogen-bond acceptors (Lipinski definition) is 3. The van der Waals surface area contributed by atoms with Gasteiger partial charge in [-0.25, -0.2) is 9.78 Å². The Bertz CT molecular complexity index is 742. The zero-order chi connectivity index (χ0) is 21.4. The minimum absolute atomic E-state index is 0.0709. The van der Waals surface area contributed by atoms with Crippen LogP contribution in [0.1, 0.15) is 86.0 Å². The molecule has 4 fully saturated rings. The number of rotatable bonds is 4. The minimum Gasteiger partial charge on any atom is -0.393 e. The van der Waals surface area contributed by atoms with Crippen LogP contribution in [0, 0.1) is 40.4 Å². The molecule has 0 aromatic carbocycles. The molecule has 168 valence electrons. The maximum atomic E-state index is 10.4. The summed E-state index contributed by atoms with van der Waals surface area (Å²) < 4.78 is 0. The van der Waals surface area contributed by atoms with Crippen LogP contribution in [0.15, 0.2) is 24.3 Å². The highest BCUT2D eigenvalue weighted by Crippen LogP contribution is 2.72. The van der Waals surface area contributed by atoms with Crippen molar-refractivity contribution >= 4 is 0 Å². The summed E-state index contributed by atoms with van der Waals surface area (Å²) >= 11 is 0. The van der Waals surface area contributed by atoms with Gasteiger partial charge in [0.25, 0.3) is 0 Å². The van der Waals surface area contributed by atoms with E-state index in [2.05, 4.69) is 58.9 Å². The second-order valence-corrected chi connectivity index (χ2v) is 12.3. The van der Waals surface area contributed by atoms with Gasteiger partial charge in [0, 0.05) is 23.7 Å². The number of fused-ring (bicyclic) bond motifs is 2. The fourth-order valence-electron chi connectivity index (χ4n) is 8.70. The summed E-state index contributed by atoms with van der Waals surface area (Å²) in [5.74, 6) is 3.08. The first kappa shape index (κ1) is 21.2. The molecule has 6 rings (SSSR count). The molecule has 9 atom stereocenters. The van der Waals surface area contributed by atoms with E-state index in [1.165, 1.54) is 32.1 Å². The zero-order valence-electron chi connectivity index (χ0n) is 19.7. The van der Waals surface area contributed by atoms with Crippen molar-refractivity contribution in [1.82, 2.24) is 0 Å². The van der Waals surface area contributed by atoms with Crippen molar-refractivity contribution in [3.8, 4) is 0 Å². The molecule has 0 unspecified atom stereocenters. The Hall–Kier alpha value is -0.640. The molecular weight excluding hydrogens is 372 g/mol. The molecule has 1 N–H and O–H groups in total. The third-order valence-electron chi connectivity index (χ3n) is 10.4. The van der Waals surface area contributed by atoms with Crippen molar-refractivity contribution in [3.63, 3.8) is 0 Å². The van der Waals surface area contributed by atoms with Crippen molar-refractivity contribution in [2.24, 2.45) is 40.4 Å². The lowest BCUT2D eigenvalue weighted by Gasteiger charge is -2.69. The summed E-state index contributed by atoms with van der Waals surface area (Å²) in [6.07, 6.45) is 18.1. The van der Waals surface area contributed by atoms with Crippen LogP contribution in [0.5, 0.6) is 0 Å². The van der Waals surface area contributed by atoms with Gasteiger partial charge in [-0.1, -0.05) is 52.8 Å². The maximum absolute atomic E-state index is 10.4. The minimum atomic E-state index is -0.435. The predicted molar refractivity (Wildman–Crippen MR) is 120 cm³/mol. The van der Waals surface area contributed by atoms with Crippen LogP contribution in [0.2, 0.25) is 0 Å². The van der Waals surface area contributed by atoms with E-state index in [-0.39, 0.29) is 17.1 Å². The van der Waals surface area contributed by atoms with E-state index in [9.17, 15) is 5.11 Å². The first-order valence-electron chi connectivity index (χ1n) is 12.6. The van der Waals surface area contributed by atoms with Gasteiger partial charge in [-0.2, -0.15) is 0 Å². The number of hydrogen-bond donors (Lipinski definition) is 1. The molecule has 6 aliphatic rings. The second kappa shape index (κ2) is 6.93. The number of aliphatic hydroxyl groups excluding tert-OH is 1. The Labute approximate surface area is 183 Å². The molecule has 0 amide bonds. The van der Waals surface area contributed by atoms with Crippen LogP contribution >= 0.6 is 0 Å². The van der Waals surface area contributed by atoms with E-state index in [4.69, 9.17) is 9.78 Å². The Morgan fingerprint density at radius 2 is 1.80 bits per heavy atom. The molecule has 2 aliphatic heterocycles. The van der Waals surface area contributed by atoms with Crippen LogP contribution in [-0.4, -0.2) is 22.4 Å². The van der Waals surface area contributed by atoms with Gasteiger partial charge in [0.15, 0.2) is 0 Å². The van der Waals surface area contributed by atoms with Crippen LogP contribution < -0.4 is 0 Å². The fourth-order valence-corrected chi connectivity index (χ4v) is 8.70. The van der Waals surface area contributed by atoms with E-state index in [0.717, 1.165) is 18.8 Å². The Morgan fingerprint density at radius 1 is 1.00 bits per heavy atom. The average molecular weight is 415 g/mol. The van der Waals surface area contributed by atoms with Gasteiger partial charge >= 0.3 is 0 Å². The van der Waals surface area contributed by atoms with E-state index in [1.807, 2.05) is 0 Å². The molecule has 2 heterocycles. The third kappa shape index (κ3) is 2.67. The molecule has 3 saturated carbocycles. The maximum Gasteiger partial charge on any atom is 0.130 e. The van der Waals surface area contributed by atoms with Crippen molar-refractivity contribution in [2.75, 3.05) is 0 Å². The van der Waals surface area contributed by atoms with Gasteiger partial charge in [-0.15, -0.1) is 0 Å². The van der Waals surface area contributed by atoms with Crippen molar-refractivity contribution in [2.45, 2.75) is 103 Å². The largest absolute Gasteiger partial charge is 0.393 e. The van der Waals surface area contributed by atoms with Gasteiger partial charge < -0.3 is 5.11 Å². The van der Waals surface area contributed by atoms with Crippen LogP contribution in [0.3, 0.4) is 0 Å². The topological polar surface area (TPSA) is 38.7 Å². The highest BCUT2D eigenvalue weighted by Gasteiger charge is 2.74. The molecule has 2 bridgehead atoms. The van der Waals surface area contributed by atoms with Crippen LogP contribution in [-0.2, 0) is 9.78 Å². The molecule has 30 heavy (non-hydrogen) atoms. The van der Waals surface area contributed by atoms with Gasteiger partial charge in [-0.3, -0.25) is 0 Å². The quantitative estimate of drug-likeness (QED) is 0.438. The molecule has 0 aromatic heterocycles. The third-order valence-corrected chi connectivity index (χ3v) is 10.4. The van der Waals surface area contributed by atoms with E-state index >= 15 is 0 Å². The molecule has 0 aromatic rings. The molecule has 3 nitrogen and oxygen atoms in total. The number of allylic oxidation sites excluding steroid dienone is 2. The fraction of sp³-hybridized carbons (Fsp3) is 0.852. The SMILES string of the molecule is CC(C)C/C=C\[C@@H](C)[C@H]1CC[C@@H]2[C@]1(C)CC[C@H]1[C@]23C=C[C@]2(C[C@@H](O)CC[C@]12C)OO3. The smallest absolute Gasteiger partial charge is 0.130 e. The molecule has 4 aliphatic carbocycles. The molecular formula is C27H42O3. The first-order valence-corrected chi connectivity index (χ1v) is 12.6. The Balaban J connectivity index is 1.46. The summed E-state index contributed by atoms with van der Waals surface area (Å²) in [4.78, 5) is 12.7. The lowest BCUT2D eigenvalue weighted by Crippen LogP contribution is -2.73. The summed E-state index contributed by atoms with van der Waals surface area (Å²) in [5, 5.41) is 10.4. The summed E-state index contributed by atoms with van der Waals surface area (Å²) in [5.41, 5.74) is -0.341. The van der Waals surface area contributed by atoms with Crippen LogP contribution in [0.25, 0.3) is 0 Å². The van der Waals surface area contributed by atoms with E-state index < -0.39 is 5.60 Å². The standard InChI is InChI=1S/C27H42O3/c1-18(2)7-6-8-19(3)21-9-10-22-24(21,4)13-12-23-25(5)14-11-20(28)17-26(25)15-16-27(22,23)30-29-26/h6,8,15-16,18-23,28H,7,9-14,17H2,1-5H3/b8-6-/t19-,20+,21-,22-,23-,24-,25-,26-,27+/m1/s1. The summed E-state index contributed by atoms with van der Waals surface area (Å²) in [6.45, 7) is 12.0. The van der Waals surface area contributed by atoms with Gasteiger partial charge in [-0.05, 0) is 74.2 Å². The highest BCUT2D eigenvalue weighted by molar-refractivity contribution is 5.33. The molecule has 0 radical (unpaired) electrons. The van der Waals surface area contributed by atoms with Crippen molar-refractivity contribution in [1.29, 1.82) is 0 Å². The van der Waals surface area contributed by atoms with Crippen molar-refractivity contribution in [3.05, 3.63) is 24.3 Å². The van der Waals surface area contributed by atoms with Crippen LogP contribution in [0.4, 0.5) is 0 Å². The van der Waals surface area contributed by atoms with Gasteiger partial charge in [0.1, 0.15) is 11.2 Å².